The van der Waals surface area contributed by atoms with E-state index in [4.69, 9.17) is 4.74 Å². The van der Waals surface area contributed by atoms with Crippen LogP contribution in [0.4, 0.5) is 0 Å². The molecule has 156 valence electrons. The van der Waals surface area contributed by atoms with Crippen molar-refractivity contribution >= 4 is 5.97 Å². The predicted molar refractivity (Wildman–Crippen MR) is 112 cm³/mol. The zero-order chi connectivity index (χ0) is 20.2. The largest absolute Gasteiger partial charge is 0.466 e. The van der Waals surface area contributed by atoms with Gasteiger partial charge < -0.3 is 9.84 Å². The van der Waals surface area contributed by atoms with Gasteiger partial charge in [-0.1, -0.05) is 31.6 Å². The molecule has 1 unspecified atom stereocenters. The van der Waals surface area contributed by atoms with Gasteiger partial charge in [-0.2, -0.15) is 0 Å². The molecular formula is C25H38O3. The Kier molecular flexibility index (Phi) is 5.05. The smallest absolute Gasteiger partial charge is 0.330 e. The number of hydrogen-bond acceptors (Lipinski definition) is 3. The van der Waals surface area contributed by atoms with Gasteiger partial charge in [0, 0.05) is 6.08 Å². The summed E-state index contributed by atoms with van der Waals surface area (Å²) in [6, 6.07) is 0. The summed E-state index contributed by atoms with van der Waals surface area (Å²) in [6.07, 6.45) is 16.6. The molecule has 0 saturated heterocycles. The number of carbonyl (C=O) groups excluding carboxylic acids is 1. The summed E-state index contributed by atoms with van der Waals surface area (Å²) in [5.41, 5.74) is 1.74. The van der Waals surface area contributed by atoms with Crippen LogP contribution in [0.1, 0.15) is 78.6 Å². The minimum absolute atomic E-state index is 0.241. The van der Waals surface area contributed by atoms with Crippen LogP contribution in [-0.4, -0.2) is 23.8 Å². The summed E-state index contributed by atoms with van der Waals surface area (Å²) in [5.74, 6) is 2.83. The highest BCUT2D eigenvalue weighted by Gasteiger charge is 2.58. The molecule has 4 aliphatic carbocycles. The van der Waals surface area contributed by atoms with E-state index >= 15 is 0 Å². The Morgan fingerprint density at radius 2 is 1.96 bits per heavy atom. The van der Waals surface area contributed by atoms with E-state index in [0.29, 0.717) is 16.7 Å². The predicted octanol–water partition coefficient (Wildman–Crippen LogP) is 5.44. The van der Waals surface area contributed by atoms with Crippen LogP contribution >= 0.6 is 0 Å². The number of ether oxygens (including phenoxy) is 1. The first kappa shape index (κ1) is 20.2. The lowest BCUT2D eigenvalue weighted by atomic mass is 9.46. The van der Waals surface area contributed by atoms with Crippen molar-refractivity contribution in [3.8, 4) is 0 Å². The molecule has 0 bridgehead atoms. The number of hydrogen-bond donors (Lipinski definition) is 1. The normalized spacial score (nSPS) is 47.8. The van der Waals surface area contributed by atoms with E-state index in [1.54, 1.807) is 11.6 Å². The van der Waals surface area contributed by atoms with Crippen LogP contribution < -0.4 is 0 Å². The number of methoxy groups -OCH3 is 1. The zero-order valence-corrected chi connectivity index (χ0v) is 18.2. The fourth-order valence-corrected chi connectivity index (χ4v) is 7.70. The summed E-state index contributed by atoms with van der Waals surface area (Å²) in [6.45, 7) is 7.05. The van der Waals surface area contributed by atoms with Gasteiger partial charge >= 0.3 is 5.97 Å². The van der Waals surface area contributed by atoms with Gasteiger partial charge in [-0.05, 0) is 99.2 Å². The molecule has 0 spiro atoms. The van der Waals surface area contributed by atoms with E-state index in [-0.39, 0.29) is 5.97 Å². The Balaban J connectivity index is 1.52. The van der Waals surface area contributed by atoms with E-state index in [0.717, 1.165) is 43.4 Å². The SMILES string of the molecule is COC(=O)/C=C/CC1CC[C@H]2[C@@H]3CC=C4C[C@@](C)(O)CC[C@]4(C)[C@H]3CC[C@]12C. The molecule has 3 heteroatoms. The third-order valence-corrected chi connectivity index (χ3v) is 9.45. The molecule has 3 fully saturated rings. The van der Waals surface area contributed by atoms with E-state index in [1.165, 1.54) is 39.2 Å². The summed E-state index contributed by atoms with van der Waals surface area (Å²) in [4.78, 5) is 11.4. The maximum atomic E-state index is 11.4. The van der Waals surface area contributed by atoms with Crippen LogP contribution in [0, 0.1) is 34.5 Å². The van der Waals surface area contributed by atoms with Crippen LogP contribution in [0.2, 0.25) is 0 Å². The highest BCUT2D eigenvalue weighted by Crippen LogP contribution is 2.67. The quantitative estimate of drug-likeness (QED) is 0.399. The molecule has 0 aliphatic heterocycles. The number of aliphatic hydroxyl groups is 1. The summed E-state index contributed by atoms with van der Waals surface area (Å²) >= 11 is 0. The Labute approximate surface area is 170 Å². The number of carbonyl (C=O) groups is 1. The molecule has 1 N–H and O–H groups in total. The van der Waals surface area contributed by atoms with Crippen molar-refractivity contribution < 1.29 is 14.6 Å². The Morgan fingerprint density at radius 1 is 1.18 bits per heavy atom. The van der Waals surface area contributed by atoms with Crippen LogP contribution in [0.5, 0.6) is 0 Å². The maximum Gasteiger partial charge on any atom is 0.330 e. The Hall–Kier alpha value is -1.09. The fourth-order valence-electron chi connectivity index (χ4n) is 7.70. The summed E-state index contributed by atoms with van der Waals surface area (Å²) < 4.78 is 4.74. The second kappa shape index (κ2) is 7.00. The monoisotopic (exact) mass is 386 g/mol. The number of fused-ring (bicyclic) bond motifs is 5. The highest BCUT2D eigenvalue weighted by atomic mass is 16.5. The first-order chi connectivity index (χ1) is 13.2. The van der Waals surface area contributed by atoms with E-state index in [1.807, 2.05) is 13.0 Å². The molecule has 0 amide bonds. The van der Waals surface area contributed by atoms with Crippen molar-refractivity contribution in [3.63, 3.8) is 0 Å². The van der Waals surface area contributed by atoms with Gasteiger partial charge in [0.25, 0.3) is 0 Å². The maximum absolute atomic E-state index is 11.4. The molecule has 28 heavy (non-hydrogen) atoms. The summed E-state index contributed by atoms with van der Waals surface area (Å²) in [5, 5.41) is 10.6. The molecular weight excluding hydrogens is 348 g/mol. The van der Waals surface area contributed by atoms with Gasteiger partial charge in [0.2, 0.25) is 0 Å². The number of esters is 1. The first-order valence-corrected chi connectivity index (χ1v) is 11.4. The van der Waals surface area contributed by atoms with E-state index < -0.39 is 5.60 Å². The van der Waals surface area contributed by atoms with Crippen LogP contribution in [0.3, 0.4) is 0 Å². The van der Waals surface area contributed by atoms with Gasteiger partial charge in [-0.3, -0.25) is 0 Å². The average Bonchev–Trinajstić information content (AvgIpc) is 2.98. The lowest BCUT2D eigenvalue weighted by Crippen LogP contribution is -2.51. The van der Waals surface area contributed by atoms with Crippen LogP contribution in [0.15, 0.2) is 23.8 Å². The van der Waals surface area contributed by atoms with Crippen molar-refractivity contribution in [1.29, 1.82) is 0 Å². The van der Waals surface area contributed by atoms with Crippen LogP contribution in [0.25, 0.3) is 0 Å². The molecule has 0 aromatic heterocycles. The van der Waals surface area contributed by atoms with Gasteiger partial charge in [-0.25, -0.2) is 4.79 Å². The van der Waals surface area contributed by atoms with Gasteiger partial charge in [0.1, 0.15) is 0 Å². The molecule has 0 aromatic carbocycles. The zero-order valence-electron chi connectivity index (χ0n) is 18.2. The highest BCUT2D eigenvalue weighted by molar-refractivity contribution is 5.81. The second-order valence-corrected chi connectivity index (χ2v) is 10.9. The topological polar surface area (TPSA) is 46.5 Å². The molecule has 4 aliphatic rings. The standard InChI is InChI=1S/C25H38O3/c1-23(27)14-15-25(3)18(16-23)8-10-19-20-11-9-17(6-5-7-22(26)28-4)24(20,2)13-12-21(19)25/h5,7-8,17,19-21,27H,6,9-16H2,1-4H3/b7-5+/t17?,19-,20-,21-,23-,24+,25-/m0/s1. The van der Waals surface area contributed by atoms with Crippen LogP contribution in [-0.2, 0) is 9.53 Å². The van der Waals surface area contributed by atoms with Crippen molar-refractivity contribution in [2.75, 3.05) is 7.11 Å². The second-order valence-electron chi connectivity index (χ2n) is 10.9. The van der Waals surface area contributed by atoms with E-state index in [2.05, 4.69) is 19.9 Å². The van der Waals surface area contributed by atoms with Crippen molar-refractivity contribution in [1.82, 2.24) is 0 Å². The molecule has 3 saturated carbocycles. The molecule has 7 atom stereocenters. The molecule has 3 nitrogen and oxygen atoms in total. The molecule has 4 rings (SSSR count). The average molecular weight is 387 g/mol. The van der Waals surface area contributed by atoms with Gasteiger partial charge in [0.15, 0.2) is 0 Å². The summed E-state index contributed by atoms with van der Waals surface area (Å²) in [7, 11) is 1.44. The van der Waals surface area contributed by atoms with Crippen molar-refractivity contribution in [2.45, 2.75) is 84.2 Å². The van der Waals surface area contributed by atoms with E-state index in [9.17, 15) is 9.90 Å². The fraction of sp³-hybridized carbons (Fsp3) is 0.800. The lowest BCUT2D eigenvalue weighted by Gasteiger charge is -2.59. The molecule has 0 heterocycles. The number of allylic oxidation sites excluding steroid dienone is 2. The van der Waals surface area contributed by atoms with Crippen molar-refractivity contribution in [2.24, 2.45) is 34.5 Å². The first-order valence-electron chi connectivity index (χ1n) is 11.4. The minimum atomic E-state index is -0.508. The molecule has 0 aromatic rings. The molecule has 0 radical (unpaired) electrons. The lowest BCUT2D eigenvalue weighted by molar-refractivity contribution is -0.134. The third kappa shape index (κ3) is 3.18. The number of rotatable bonds is 3. The van der Waals surface area contributed by atoms with Gasteiger partial charge in [0.05, 0.1) is 12.7 Å². The Morgan fingerprint density at radius 3 is 2.71 bits per heavy atom. The van der Waals surface area contributed by atoms with Gasteiger partial charge in [-0.15, -0.1) is 0 Å². The Bertz CT molecular complexity index is 690. The third-order valence-electron chi connectivity index (χ3n) is 9.45. The van der Waals surface area contributed by atoms with Crippen molar-refractivity contribution in [3.05, 3.63) is 23.8 Å². The minimum Gasteiger partial charge on any atom is -0.466 e.